The summed E-state index contributed by atoms with van der Waals surface area (Å²) < 4.78 is 5.77. The molecular weight excluding hydrogens is 330 g/mol. The van der Waals surface area contributed by atoms with E-state index in [2.05, 4.69) is 25.3 Å². The molecule has 26 heavy (non-hydrogen) atoms. The second-order valence-corrected chi connectivity index (χ2v) is 5.58. The third-order valence-corrected chi connectivity index (χ3v) is 3.67. The standard InChI is InChI=1S/C19H19N5O2/c1-3-13-6-5-7-18(23-13)24-19(25)17-9-15(8-14(4-2)22-17)26-16-10-20-12-21-11-16/h5-12H,3-4H2,1-2H3,(H,23,24,25)/p+1. The van der Waals surface area contributed by atoms with Crippen LogP contribution in [0.4, 0.5) is 5.82 Å². The molecule has 0 aromatic carbocycles. The second kappa shape index (κ2) is 8.15. The minimum atomic E-state index is -0.330. The molecule has 0 saturated carbocycles. The molecule has 0 aliphatic heterocycles. The van der Waals surface area contributed by atoms with Crippen LogP contribution in [0.5, 0.6) is 11.5 Å². The summed E-state index contributed by atoms with van der Waals surface area (Å²) in [5.41, 5.74) is 1.95. The molecule has 1 amide bonds. The van der Waals surface area contributed by atoms with Crippen LogP contribution in [-0.4, -0.2) is 20.9 Å². The number of carbonyl (C=O) groups excluding carboxylic acids is 1. The molecule has 7 heteroatoms. The van der Waals surface area contributed by atoms with Crippen molar-refractivity contribution in [3.05, 3.63) is 66.1 Å². The molecule has 0 spiro atoms. The third kappa shape index (κ3) is 4.38. The highest BCUT2D eigenvalue weighted by atomic mass is 16.5. The van der Waals surface area contributed by atoms with Crippen LogP contribution in [0.3, 0.4) is 0 Å². The van der Waals surface area contributed by atoms with Crippen LogP contribution in [0.2, 0.25) is 0 Å². The van der Waals surface area contributed by atoms with Gasteiger partial charge in [0.1, 0.15) is 23.5 Å². The number of hydrogen-bond acceptors (Lipinski definition) is 5. The van der Waals surface area contributed by atoms with Crippen molar-refractivity contribution in [3.63, 3.8) is 0 Å². The van der Waals surface area contributed by atoms with E-state index in [4.69, 9.17) is 4.74 Å². The maximum atomic E-state index is 12.6. The molecule has 0 saturated heterocycles. The monoisotopic (exact) mass is 350 g/mol. The highest BCUT2D eigenvalue weighted by molar-refractivity contribution is 6.02. The van der Waals surface area contributed by atoms with E-state index >= 15 is 0 Å². The minimum absolute atomic E-state index is 0.274. The van der Waals surface area contributed by atoms with Gasteiger partial charge < -0.3 is 10.1 Å². The summed E-state index contributed by atoms with van der Waals surface area (Å²) in [7, 11) is 0. The molecule has 0 unspecified atom stereocenters. The second-order valence-electron chi connectivity index (χ2n) is 5.58. The number of ether oxygens (including phenoxy) is 1. The zero-order chi connectivity index (χ0) is 18.4. The molecule has 0 fully saturated rings. The van der Waals surface area contributed by atoms with Crippen molar-refractivity contribution >= 4 is 11.7 Å². The van der Waals surface area contributed by atoms with Gasteiger partial charge in [-0.05, 0) is 25.0 Å². The van der Waals surface area contributed by atoms with Gasteiger partial charge >= 0.3 is 0 Å². The Labute approximate surface area is 151 Å². The Morgan fingerprint density at radius 3 is 2.69 bits per heavy atom. The van der Waals surface area contributed by atoms with E-state index in [-0.39, 0.29) is 11.6 Å². The molecule has 0 radical (unpaired) electrons. The van der Waals surface area contributed by atoms with E-state index in [1.807, 2.05) is 26.0 Å². The average molecular weight is 350 g/mol. The van der Waals surface area contributed by atoms with Crippen LogP contribution in [0, 0.1) is 0 Å². The lowest BCUT2D eigenvalue weighted by Gasteiger charge is -2.09. The summed E-state index contributed by atoms with van der Waals surface area (Å²) in [4.78, 5) is 28.2. The Hall–Kier alpha value is -3.35. The molecule has 2 N–H and O–H groups in total. The van der Waals surface area contributed by atoms with Crippen molar-refractivity contribution in [2.24, 2.45) is 0 Å². The van der Waals surface area contributed by atoms with Gasteiger partial charge in [0, 0.05) is 23.5 Å². The third-order valence-electron chi connectivity index (χ3n) is 3.67. The summed E-state index contributed by atoms with van der Waals surface area (Å²) in [6, 6.07) is 8.95. The number of aromatic amines is 1. The highest BCUT2D eigenvalue weighted by Gasteiger charge is 2.13. The molecular formula is C19H20N5O2+. The van der Waals surface area contributed by atoms with Crippen LogP contribution in [0.1, 0.15) is 35.7 Å². The largest absolute Gasteiger partial charge is 0.449 e. The molecule has 3 aromatic heterocycles. The van der Waals surface area contributed by atoms with Crippen LogP contribution in [-0.2, 0) is 12.8 Å². The summed E-state index contributed by atoms with van der Waals surface area (Å²) in [6.45, 7) is 3.98. The predicted octanol–water partition coefficient (Wildman–Crippen LogP) is 2.86. The number of carbonyl (C=O) groups is 1. The quantitative estimate of drug-likeness (QED) is 0.738. The maximum absolute atomic E-state index is 12.6. The first-order valence-corrected chi connectivity index (χ1v) is 8.45. The normalized spacial score (nSPS) is 10.4. The first-order chi connectivity index (χ1) is 12.7. The Morgan fingerprint density at radius 2 is 1.96 bits per heavy atom. The lowest BCUT2D eigenvalue weighted by Crippen LogP contribution is -2.16. The van der Waals surface area contributed by atoms with Crippen molar-refractivity contribution in [2.45, 2.75) is 26.7 Å². The lowest BCUT2D eigenvalue weighted by molar-refractivity contribution is -0.383. The molecule has 3 heterocycles. The first-order valence-electron chi connectivity index (χ1n) is 8.45. The number of aromatic nitrogens is 4. The van der Waals surface area contributed by atoms with E-state index < -0.39 is 0 Å². The number of nitrogens with one attached hydrogen (secondary N) is 2. The first kappa shape index (κ1) is 17.5. The smallest absolute Gasteiger partial charge is 0.284 e. The van der Waals surface area contributed by atoms with Crippen LogP contribution >= 0.6 is 0 Å². The van der Waals surface area contributed by atoms with Crippen molar-refractivity contribution < 1.29 is 14.5 Å². The van der Waals surface area contributed by atoms with E-state index in [0.29, 0.717) is 23.7 Å². The van der Waals surface area contributed by atoms with Crippen molar-refractivity contribution in [1.29, 1.82) is 0 Å². The molecule has 3 aromatic rings. The molecule has 7 nitrogen and oxygen atoms in total. The number of aryl methyl sites for hydroxylation is 2. The van der Waals surface area contributed by atoms with Gasteiger partial charge in [0.2, 0.25) is 5.75 Å². The average Bonchev–Trinajstić information content (AvgIpc) is 2.68. The number of amides is 1. The summed E-state index contributed by atoms with van der Waals surface area (Å²) in [5.74, 6) is 1.24. The van der Waals surface area contributed by atoms with Gasteiger partial charge in [-0.2, -0.15) is 0 Å². The number of hydrogen-bond donors (Lipinski definition) is 1. The number of anilines is 1. The van der Waals surface area contributed by atoms with Gasteiger partial charge in [-0.25, -0.2) is 15.0 Å². The summed E-state index contributed by atoms with van der Waals surface area (Å²) in [5, 5.41) is 2.79. The van der Waals surface area contributed by atoms with E-state index in [0.717, 1.165) is 17.8 Å². The van der Waals surface area contributed by atoms with Crippen LogP contribution in [0.25, 0.3) is 0 Å². The fraction of sp³-hybridized carbons (Fsp3) is 0.211. The van der Waals surface area contributed by atoms with Gasteiger partial charge in [-0.1, -0.05) is 24.9 Å². The Morgan fingerprint density at radius 1 is 1.12 bits per heavy atom. The van der Waals surface area contributed by atoms with E-state index in [1.54, 1.807) is 36.9 Å². The van der Waals surface area contributed by atoms with E-state index in [1.165, 1.54) is 0 Å². The highest BCUT2D eigenvalue weighted by Crippen LogP contribution is 2.21. The Balaban J connectivity index is 1.83. The number of rotatable bonds is 6. The number of pyridine rings is 2. The van der Waals surface area contributed by atoms with Gasteiger partial charge in [0.25, 0.3) is 12.2 Å². The summed E-state index contributed by atoms with van der Waals surface area (Å²) in [6.07, 6.45) is 6.29. The maximum Gasteiger partial charge on any atom is 0.284 e. The van der Waals surface area contributed by atoms with Crippen molar-refractivity contribution in [2.75, 3.05) is 5.32 Å². The van der Waals surface area contributed by atoms with Gasteiger partial charge in [0.15, 0.2) is 6.20 Å². The van der Waals surface area contributed by atoms with Crippen LogP contribution in [0.15, 0.2) is 49.1 Å². The number of H-pyrrole nitrogens is 1. The number of nitrogens with zero attached hydrogens (tertiary/aromatic N) is 3. The fourth-order valence-corrected chi connectivity index (χ4v) is 2.35. The summed E-state index contributed by atoms with van der Waals surface area (Å²) >= 11 is 0. The predicted molar refractivity (Wildman–Crippen MR) is 96.0 cm³/mol. The lowest BCUT2D eigenvalue weighted by atomic mass is 10.2. The molecule has 0 aliphatic carbocycles. The van der Waals surface area contributed by atoms with Gasteiger partial charge in [-0.3, -0.25) is 4.79 Å². The zero-order valence-corrected chi connectivity index (χ0v) is 14.7. The minimum Gasteiger partial charge on any atom is -0.449 e. The molecule has 0 aliphatic rings. The molecule has 0 bridgehead atoms. The topological polar surface area (TPSA) is 91.1 Å². The SMILES string of the molecule is CCc1cccc(NC(=O)c2cc(Oc3cnc[nH+]c3)cc(CC)n2)n1. The molecule has 3 rings (SSSR count). The molecule has 0 atom stereocenters. The van der Waals surface area contributed by atoms with Crippen molar-refractivity contribution in [1.82, 2.24) is 15.0 Å². The fourth-order valence-electron chi connectivity index (χ4n) is 2.35. The van der Waals surface area contributed by atoms with Crippen molar-refractivity contribution in [3.8, 4) is 11.5 Å². The Bertz CT molecular complexity index is 899. The Kier molecular flexibility index (Phi) is 5.48. The van der Waals surface area contributed by atoms with Crippen LogP contribution < -0.4 is 15.0 Å². The molecule has 132 valence electrons. The van der Waals surface area contributed by atoms with Gasteiger partial charge in [-0.15, -0.1) is 0 Å². The van der Waals surface area contributed by atoms with Gasteiger partial charge in [0.05, 0.1) is 0 Å². The van der Waals surface area contributed by atoms with E-state index in [9.17, 15) is 4.79 Å². The zero-order valence-electron chi connectivity index (χ0n) is 14.7.